The largest absolute Gasteiger partial charge is 0.362 e. The third-order valence-corrected chi connectivity index (χ3v) is 5.88. The quantitative estimate of drug-likeness (QED) is 0.506. The number of para-hydroxylation sites is 3. The highest BCUT2D eigenvalue weighted by molar-refractivity contribution is 6.07. The number of fused-ring (bicyclic) bond motifs is 1. The van der Waals surface area contributed by atoms with Gasteiger partial charge < -0.3 is 15.1 Å². The van der Waals surface area contributed by atoms with E-state index < -0.39 is 0 Å². The van der Waals surface area contributed by atoms with Gasteiger partial charge in [0.25, 0.3) is 11.6 Å². The van der Waals surface area contributed by atoms with Gasteiger partial charge in [0.15, 0.2) is 0 Å². The Morgan fingerprint density at radius 3 is 2.42 bits per heavy atom. The van der Waals surface area contributed by atoms with Crippen molar-refractivity contribution in [3.63, 3.8) is 0 Å². The van der Waals surface area contributed by atoms with Gasteiger partial charge in [-0.25, -0.2) is 4.98 Å². The maximum absolute atomic E-state index is 12.9. The van der Waals surface area contributed by atoms with Gasteiger partial charge in [-0.3, -0.25) is 14.9 Å². The third kappa shape index (κ3) is 3.88. The molecular weight excluding hydrogens is 394 g/mol. The second kappa shape index (κ2) is 7.86. The topological polar surface area (TPSA) is 91.6 Å². The lowest BCUT2D eigenvalue weighted by Crippen LogP contribution is -2.47. The number of amides is 1. The molecule has 0 radical (unpaired) electrons. The maximum atomic E-state index is 12.9. The number of nitro groups is 1. The lowest BCUT2D eigenvalue weighted by atomic mass is 10.1. The zero-order chi connectivity index (χ0) is 21.4. The van der Waals surface area contributed by atoms with E-state index in [0.29, 0.717) is 37.4 Å². The third-order valence-electron chi connectivity index (χ3n) is 5.88. The van der Waals surface area contributed by atoms with E-state index in [1.54, 1.807) is 12.1 Å². The van der Waals surface area contributed by atoms with Crippen molar-refractivity contribution < 1.29 is 9.72 Å². The average Bonchev–Trinajstić information content (AvgIpc) is 3.62. The Morgan fingerprint density at radius 2 is 1.68 bits per heavy atom. The summed E-state index contributed by atoms with van der Waals surface area (Å²) in [6.07, 6.45) is 2.07. The number of nitrogens with one attached hydrogen (secondary N) is 1. The number of anilines is 2. The fraction of sp³-hybridized carbons (Fsp3) is 0.304. The van der Waals surface area contributed by atoms with Crippen molar-refractivity contribution in [2.24, 2.45) is 0 Å². The molecule has 1 amide bonds. The Balaban J connectivity index is 1.40. The molecule has 2 fully saturated rings. The number of carbonyl (C=O) groups excluding carboxylic acids is 1. The molecule has 2 aromatic carbocycles. The molecule has 1 aliphatic heterocycles. The van der Waals surface area contributed by atoms with Crippen LogP contribution in [0.25, 0.3) is 10.9 Å². The minimum absolute atomic E-state index is 0.0547. The van der Waals surface area contributed by atoms with Crippen LogP contribution in [0.15, 0.2) is 54.6 Å². The van der Waals surface area contributed by atoms with Crippen molar-refractivity contribution >= 4 is 34.0 Å². The van der Waals surface area contributed by atoms with Gasteiger partial charge in [-0.05, 0) is 31.0 Å². The number of rotatable bonds is 5. The molecule has 2 heterocycles. The van der Waals surface area contributed by atoms with Crippen molar-refractivity contribution in [3.05, 3.63) is 70.3 Å². The standard InChI is InChI=1S/C23H23N5O3/c29-23(24-16-9-10-16)18-15-22(25-19-6-2-1-5-17(18)19)27-13-11-26(12-14-27)20-7-3-4-8-21(20)28(30)31/h1-8,15-16H,9-14H2,(H,24,29). The van der Waals surface area contributed by atoms with E-state index in [1.807, 2.05) is 41.3 Å². The van der Waals surface area contributed by atoms with E-state index in [9.17, 15) is 14.9 Å². The van der Waals surface area contributed by atoms with E-state index in [0.717, 1.165) is 29.6 Å². The minimum atomic E-state index is -0.336. The average molecular weight is 417 g/mol. The highest BCUT2D eigenvalue weighted by atomic mass is 16.6. The molecule has 8 nitrogen and oxygen atoms in total. The summed E-state index contributed by atoms with van der Waals surface area (Å²) in [7, 11) is 0. The van der Waals surface area contributed by atoms with Crippen molar-refractivity contribution in [2.75, 3.05) is 36.0 Å². The van der Waals surface area contributed by atoms with Gasteiger partial charge in [0.2, 0.25) is 0 Å². The highest BCUT2D eigenvalue weighted by Crippen LogP contribution is 2.30. The van der Waals surface area contributed by atoms with Gasteiger partial charge in [-0.15, -0.1) is 0 Å². The predicted molar refractivity (Wildman–Crippen MR) is 120 cm³/mol. The molecule has 31 heavy (non-hydrogen) atoms. The first-order valence-electron chi connectivity index (χ1n) is 10.5. The predicted octanol–water partition coefficient (Wildman–Crippen LogP) is 3.36. The van der Waals surface area contributed by atoms with E-state index in [4.69, 9.17) is 4.98 Å². The molecular formula is C23H23N5O3. The summed E-state index contributed by atoms with van der Waals surface area (Å²) >= 11 is 0. The first-order valence-corrected chi connectivity index (χ1v) is 10.5. The van der Waals surface area contributed by atoms with Crippen LogP contribution in [-0.4, -0.2) is 48.0 Å². The smallest absolute Gasteiger partial charge is 0.292 e. The number of pyridine rings is 1. The molecule has 1 aliphatic carbocycles. The lowest BCUT2D eigenvalue weighted by Gasteiger charge is -2.36. The number of piperazine rings is 1. The van der Waals surface area contributed by atoms with Gasteiger partial charge >= 0.3 is 0 Å². The number of hydrogen-bond acceptors (Lipinski definition) is 6. The number of nitrogens with zero attached hydrogens (tertiary/aromatic N) is 4. The van der Waals surface area contributed by atoms with Gasteiger partial charge in [0, 0.05) is 43.7 Å². The van der Waals surface area contributed by atoms with Crippen LogP contribution in [0.1, 0.15) is 23.2 Å². The second-order valence-electron chi connectivity index (χ2n) is 8.01. The van der Waals surface area contributed by atoms with Gasteiger partial charge in [0.1, 0.15) is 11.5 Å². The summed E-state index contributed by atoms with van der Waals surface area (Å²) < 4.78 is 0. The second-order valence-corrected chi connectivity index (χ2v) is 8.01. The molecule has 1 N–H and O–H groups in total. The van der Waals surface area contributed by atoms with Crippen molar-refractivity contribution in [2.45, 2.75) is 18.9 Å². The van der Waals surface area contributed by atoms with Gasteiger partial charge in [-0.2, -0.15) is 0 Å². The molecule has 0 atom stereocenters. The van der Waals surface area contributed by atoms with Gasteiger partial charge in [-0.1, -0.05) is 30.3 Å². The summed E-state index contributed by atoms with van der Waals surface area (Å²) in [4.78, 5) is 32.9. The first-order chi connectivity index (χ1) is 15.1. The van der Waals surface area contributed by atoms with E-state index >= 15 is 0 Å². The molecule has 5 rings (SSSR count). The Kier molecular flexibility index (Phi) is 4.89. The molecule has 0 spiro atoms. The Bertz CT molecular complexity index is 1150. The zero-order valence-electron chi connectivity index (χ0n) is 17.0. The summed E-state index contributed by atoms with van der Waals surface area (Å²) in [6.45, 7) is 2.62. The first kappa shape index (κ1) is 19.3. The number of hydrogen-bond donors (Lipinski definition) is 1. The molecule has 158 valence electrons. The van der Waals surface area contributed by atoms with Crippen LogP contribution in [0.3, 0.4) is 0 Å². The molecule has 1 aromatic heterocycles. The Labute approximate surface area is 179 Å². The molecule has 0 unspecified atom stereocenters. The van der Waals surface area contributed by atoms with Crippen LogP contribution in [0, 0.1) is 10.1 Å². The summed E-state index contributed by atoms with van der Waals surface area (Å²) in [5.74, 6) is 0.711. The molecule has 1 saturated carbocycles. The summed E-state index contributed by atoms with van der Waals surface area (Å²) in [5, 5.41) is 15.3. The zero-order valence-corrected chi connectivity index (χ0v) is 17.0. The Hall–Kier alpha value is -3.68. The van der Waals surface area contributed by atoms with Crippen molar-refractivity contribution in [1.29, 1.82) is 0 Å². The number of aromatic nitrogens is 1. The van der Waals surface area contributed by atoms with E-state index in [-0.39, 0.29) is 22.6 Å². The molecule has 8 heteroatoms. The minimum Gasteiger partial charge on any atom is -0.362 e. The lowest BCUT2D eigenvalue weighted by molar-refractivity contribution is -0.384. The number of carbonyl (C=O) groups is 1. The monoisotopic (exact) mass is 417 g/mol. The fourth-order valence-electron chi connectivity index (χ4n) is 4.06. The van der Waals surface area contributed by atoms with Crippen LogP contribution in [0.4, 0.5) is 17.2 Å². The molecule has 1 saturated heterocycles. The van der Waals surface area contributed by atoms with E-state index in [1.165, 1.54) is 6.07 Å². The maximum Gasteiger partial charge on any atom is 0.292 e. The number of benzene rings is 2. The van der Waals surface area contributed by atoms with E-state index in [2.05, 4.69) is 10.2 Å². The number of nitro benzene ring substituents is 1. The van der Waals surface area contributed by atoms with Crippen LogP contribution in [0.5, 0.6) is 0 Å². The summed E-state index contributed by atoms with van der Waals surface area (Å²) in [5.41, 5.74) is 2.21. The van der Waals surface area contributed by atoms with Crippen LogP contribution in [0.2, 0.25) is 0 Å². The molecule has 3 aromatic rings. The van der Waals surface area contributed by atoms with Crippen LogP contribution < -0.4 is 15.1 Å². The van der Waals surface area contributed by atoms with Crippen molar-refractivity contribution in [3.8, 4) is 0 Å². The van der Waals surface area contributed by atoms with Crippen molar-refractivity contribution in [1.82, 2.24) is 10.3 Å². The normalized spacial score (nSPS) is 16.4. The van der Waals surface area contributed by atoms with Crippen LogP contribution >= 0.6 is 0 Å². The Morgan fingerprint density at radius 1 is 1.00 bits per heavy atom. The van der Waals surface area contributed by atoms with Gasteiger partial charge in [0.05, 0.1) is 16.0 Å². The SMILES string of the molecule is O=C(NC1CC1)c1cc(N2CCN(c3ccccc3[N+](=O)[O-])CC2)nc2ccccc12. The van der Waals surface area contributed by atoms with Crippen LogP contribution in [-0.2, 0) is 0 Å². The molecule has 0 bridgehead atoms. The fourth-order valence-corrected chi connectivity index (χ4v) is 4.06. The molecule has 2 aliphatic rings. The highest BCUT2D eigenvalue weighted by Gasteiger charge is 2.27. The summed E-state index contributed by atoms with van der Waals surface area (Å²) in [6, 6.07) is 16.7.